The molecule has 1 N–H and O–H groups in total. The molecule has 0 aromatic carbocycles. The topological polar surface area (TPSA) is 47.0 Å². The maximum atomic E-state index is 10.6. The maximum Gasteiger partial charge on any atom is 0.304 e. The normalized spacial score (nSPS) is 33.2. The van der Waals surface area contributed by atoms with Crippen LogP contribution in [0.25, 0.3) is 0 Å². The first-order valence-electron chi connectivity index (χ1n) is 8.16. The predicted molar refractivity (Wildman–Crippen MR) is 77.9 cm³/mol. The summed E-state index contributed by atoms with van der Waals surface area (Å²) in [6.07, 6.45) is 5.77. The Bertz CT molecular complexity index is 342. The molecular formula is C15H27N3O2. The van der Waals surface area contributed by atoms with Gasteiger partial charge < -0.3 is 10.0 Å². The lowest BCUT2D eigenvalue weighted by molar-refractivity contribution is -0.137. The Hall–Kier alpha value is -0.650. The molecule has 5 heteroatoms. The quantitative estimate of drug-likeness (QED) is 0.822. The summed E-state index contributed by atoms with van der Waals surface area (Å²) < 4.78 is 0. The molecule has 5 nitrogen and oxygen atoms in total. The van der Waals surface area contributed by atoms with Gasteiger partial charge >= 0.3 is 5.97 Å². The van der Waals surface area contributed by atoms with Crippen molar-refractivity contribution in [3.63, 3.8) is 0 Å². The second-order valence-electron chi connectivity index (χ2n) is 6.48. The molecule has 2 unspecified atom stereocenters. The monoisotopic (exact) mass is 281 g/mol. The number of piperazine rings is 1. The van der Waals surface area contributed by atoms with E-state index in [1.165, 1.54) is 38.8 Å². The Kier molecular flexibility index (Phi) is 4.58. The van der Waals surface area contributed by atoms with Crippen molar-refractivity contribution in [3.05, 3.63) is 0 Å². The zero-order valence-corrected chi connectivity index (χ0v) is 12.3. The van der Waals surface area contributed by atoms with Crippen LogP contribution < -0.4 is 0 Å². The first-order valence-corrected chi connectivity index (χ1v) is 8.16. The zero-order valence-electron chi connectivity index (χ0n) is 12.3. The summed E-state index contributed by atoms with van der Waals surface area (Å²) in [6, 6.07) is 1.56. The van der Waals surface area contributed by atoms with Crippen LogP contribution in [0, 0.1) is 0 Å². The Morgan fingerprint density at radius 1 is 0.900 bits per heavy atom. The molecule has 0 saturated carbocycles. The van der Waals surface area contributed by atoms with Gasteiger partial charge in [-0.1, -0.05) is 6.42 Å². The Labute approximate surface area is 121 Å². The maximum absolute atomic E-state index is 10.6. The van der Waals surface area contributed by atoms with Crippen LogP contribution in [-0.2, 0) is 4.79 Å². The van der Waals surface area contributed by atoms with E-state index in [4.69, 9.17) is 5.11 Å². The van der Waals surface area contributed by atoms with E-state index >= 15 is 0 Å². The van der Waals surface area contributed by atoms with E-state index in [0.29, 0.717) is 6.54 Å². The van der Waals surface area contributed by atoms with Gasteiger partial charge in [-0.15, -0.1) is 0 Å². The van der Waals surface area contributed by atoms with Gasteiger partial charge in [-0.05, 0) is 25.8 Å². The minimum Gasteiger partial charge on any atom is -0.481 e. The van der Waals surface area contributed by atoms with E-state index in [1.54, 1.807) is 0 Å². The van der Waals surface area contributed by atoms with Gasteiger partial charge in [0.25, 0.3) is 0 Å². The second-order valence-corrected chi connectivity index (χ2v) is 6.48. The second kappa shape index (κ2) is 6.41. The SMILES string of the molecule is O=C(O)CCN1CCN(C2CCN3CCCCC23)CC1. The minimum atomic E-state index is -0.680. The summed E-state index contributed by atoms with van der Waals surface area (Å²) in [5, 5.41) is 8.76. The number of aliphatic carboxylic acids is 1. The lowest BCUT2D eigenvalue weighted by atomic mass is 9.97. The first-order chi connectivity index (χ1) is 9.74. The summed E-state index contributed by atoms with van der Waals surface area (Å²) in [7, 11) is 0. The lowest BCUT2D eigenvalue weighted by Gasteiger charge is -2.42. The molecule has 2 atom stereocenters. The highest BCUT2D eigenvalue weighted by atomic mass is 16.4. The van der Waals surface area contributed by atoms with Crippen LogP contribution in [-0.4, -0.2) is 83.7 Å². The van der Waals surface area contributed by atoms with Crippen molar-refractivity contribution in [2.75, 3.05) is 45.8 Å². The van der Waals surface area contributed by atoms with E-state index in [9.17, 15) is 4.79 Å². The van der Waals surface area contributed by atoms with Gasteiger partial charge in [0.1, 0.15) is 0 Å². The molecule has 0 aromatic heterocycles. The van der Waals surface area contributed by atoms with Crippen molar-refractivity contribution in [1.82, 2.24) is 14.7 Å². The van der Waals surface area contributed by atoms with E-state index in [0.717, 1.165) is 38.3 Å². The summed E-state index contributed by atoms with van der Waals surface area (Å²) in [4.78, 5) is 18.3. The third-order valence-corrected chi connectivity index (χ3v) is 5.34. The van der Waals surface area contributed by atoms with Gasteiger partial charge in [0.15, 0.2) is 0 Å². The molecule has 3 saturated heterocycles. The number of piperidine rings is 1. The molecule has 0 aliphatic carbocycles. The van der Waals surface area contributed by atoms with Crippen LogP contribution in [0.2, 0.25) is 0 Å². The highest BCUT2D eigenvalue weighted by molar-refractivity contribution is 5.66. The third kappa shape index (κ3) is 3.15. The van der Waals surface area contributed by atoms with Crippen molar-refractivity contribution in [3.8, 4) is 0 Å². The van der Waals surface area contributed by atoms with Gasteiger partial charge in [0.05, 0.1) is 6.42 Å². The number of nitrogens with zero attached hydrogens (tertiary/aromatic N) is 3. The van der Waals surface area contributed by atoms with Crippen molar-refractivity contribution in [1.29, 1.82) is 0 Å². The minimum absolute atomic E-state index is 0.278. The molecule has 114 valence electrons. The number of carbonyl (C=O) groups is 1. The van der Waals surface area contributed by atoms with Crippen molar-refractivity contribution >= 4 is 5.97 Å². The molecule has 0 bridgehead atoms. The number of hydrogen-bond donors (Lipinski definition) is 1. The van der Waals surface area contributed by atoms with Gasteiger partial charge in [-0.25, -0.2) is 0 Å². The number of fused-ring (bicyclic) bond motifs is 1. The highest BCUT2D eigenvalue weighted by Crippen LogP contribution is 2.30. The lowest BCUT2D eigenvalue weighted by Crippen LogP contribution is -2.54. The Morgan fingerprint density at radius 3 is 2.35 bits per heavy atom. The van der Waals surface area contributed by atoms with E-state index in [1.807, 2.05) is 0 Å². The molecule has 3 aliphatic rings. The average Bonchev–Trinajstić information content (AvgIpc) is 2.89. The Morgan fingerprint density at radius 2 is 1.60 bits per heavy atom. The summed E-state index contributed by atoms with van der Waals surface area (Å²) >= 11 is 0. The van der Waals surface area contributed by atoms with Crippen LogP contribution in [0.3, 0.4) is 0 Å². The number of hydrogen-bond acceptors (Lipinski definition) is 4. The molecular weight excluding hydrogens is 254 g/mol. The van der Waals surface area contributed by atoms with Crippen LogP contribution in [0.4, 0.5) is 0 Å². The smallest absolute Gasteiger partial charge is 0.304 e. The van der Waals surface area contributed by atoms with Gasteiger partial charge in [-0.3, -0.25) is 14.6 Å². The standard InChI is InChI=1S/C15H27N3O2/c19-15(20)5-7-16-9-11-18(12-10-16)14-4-8-17-6-2-1-3-13(14)17/h13-14H,1-12H2,(H,19,20). The summed E-state index contributed by atoms with van der Waals surface area (Å²) in [5.74, 6) is -0.680. The van der Waals surface area contributed by atoms with E-state index < -0.39 is 5.97 Å². The van der Waals surface area contributed by atoms with Crippen LogP contribution in [0.5, 0.6) is 0 Å². The van der Waals surface area contributed by atoms with Crippen molar-refractivity contribution < 1.29 is 9.90 Å². The fourth-order valence-corrected chi connectivity index (χ4v) is 4.22. The molecule has 3 aliphatic heterocycles. The first kappa shape index (κ1) is 14.3. The molecule has 0 amide bonds. The third-order valence-electron chi connectivity index (χ3n) is 5.34. The van der Waals surface area contributed by atoms with Crippen LogP contribution in [0.1, 0.15) is 32.1 Å². The van der Waals surface area contributed by atoms with Gasteiger partial charge in [0, 0.05) is 51.4 Å². The summed E-state index contributed by atoms with van der Waals surface area (Å²) in [5.41, 5.74) is 0. The molecule has 0 aromatic rings. The largest absolute Gasteiger partial charge is 0.481 e. The van der Waals surface area contributed by atoms with Crippen molar-refractivity contribution in [2.24, 2.45) is 0 Å². The molecule has 3 heterocycles. The zero-order chi connectivity index (χ0) is 13.9. The van der Waals surface area contributed by atoms with Crippen LogP contribution >= 0.6 is 0 Å². The summed E-state index contributed by atoms with van der Waals surface area (Å²) in [6.45, 7) is 7.62. The predicted octanol–water partition coefficient (Wildman–Crippen LogP) is 0.706. The molecule has 3 rings (SSSR count). The highest BCUT2D eigenvalue weighted by Gasteiger charge is 2.39. The fraction of sp³-hybridized carbons (Fsp3) is 0.933. The van der Waals surface area contributed by atoms with E-state index in [-0.39, 0.29) is 6.42 Å². The average molecular weight is 281 g/mol. The molecule has 0 spiro atoms. The van der Waals surface area contributed by atoms with Crippen molar-refractivity contribution in [2.45, 2.75) is 44.2 Å². The van der Waals surface area contributed by atoms with Gasteiger partial charge in [0.2, 0.25) is 0 Å². The fourth-order valence-electron chi connectivity index (χ4n) is 4.22. The Balaban J connectivity index is 1.47. The van der Waals surface area contributed by atoms with Gasteiger partial charge in [-0.2, -0.15) is 0 Å². The number of carboxylic acids is 1. The number of rotatable bonds is 4. The van der Waals surface area contributed by atoms with E-state index in [2.05, 4.69) is 14.7 Å². The molecule has 3 fully saturated rings. The van der Waals surface area contributed by atoms with Crippen LogP contribution in [0.15, 0.2) is 0 Å². The molecule has 0 radical (unpaired) electrons. The molecule has 20 heavy (non-hydrogen) atoms. The number of carboxylic acid groups (broad SMARTS) is 1.